The van der Waals surface area contributed by atoms with E-state index in [1.54, 1.807) is 0 Å². The van der Waals surface area contributed by atoms with Gasteiger partial charge in [0.1, 0.15) is 0 Å². The van der Waals surface area contributed by atoms with Crippen LogP contribution in [0, 0.1) is 11.8 Å². The van der Waals surface area contributed by atoms with Crippen LogP contribution in [0.15, 0.2) is 21.8 Å². The Labute approximate surface area is 199 Å². The van der Waals surface area contributed by atoms with Gasteiger partial charge in [-0.05, 0) is 0 Å². The van der Waals surface area contributed by atoms with E-state index in [-0.39, 0.29) is 0 Å². The Bertz CT molecular complexity index is 507. The summed E-state index contributed by atoms with van der Waals surface area (Å²) in [5, 5.41) is 22.7. The summed E-state index contributed by atoms with van der Waals surface area (Å²) in [5.74, 6) is 0.906. The van der Waals surface area contributed by atoms with Crippen LogP contribution < -0.4 is 0 Å². The molecule has 0 aliphatic heterocycles. The van der Waals surface area contributed by atoms with Gasteiger partial charge in [-0.3, -0.25) is 0 Å². The average Bonchev–Trinajstić information content (AvgIpc) is 2.63. The molecule has 0 aliphatic rings. The molecule has 0 rings (SSSR count). The van der Waals surface area contributed by atoms with Gasteiger partial charge >= 0.3 is 200 Å². The van der Waals surface area contributed by atoms with Crippen LogP contribution in [0.2, 0.25) is 13.3 Å². The molecule has 2 unspecified atom stereocenters. The molecule has 0 fully saturated rings. The Kier molecular flexibility index (Phi) is 15.3. The zero-order chi connectivity index (χ0) is 24.1. The minimum atomic E-state index is -2.80. The summed E-state index contributed by atoms with van der Waals surface area (Å²) in [6, 6.07) is 0. The van der Waals surface area contributed by atoms with Gasteiger partial charge in [0.25, 0.3) is 0 Å². The van der Waals surface area contributed by atoms with Crippen molar-refractivity contribution >= 4 is 18.4 Å². The monoisotopic (exact) mass is 544 g/mol. The zero-order valence-electron chi connectivity index (χ0n) is 22.6. The second-order valence-electron chi connectivity index (χ2n) is 11.4. The van der Waals surface area contributed by atoms with Crippen LogP contribution in [-0.4, -0.2) is 39.8 Å². The Balaban J connectivity index is 6.43. The molecular formula is C28H56O2Sn. The van der Waals surface area contributed by atoms with E-state index < -0.39 is 29.6 Å². The summed E-state index contributed by atoms with van der Waals surface area (Å²) in [7, 11) is 0. The number of rotatable bonds is 17. The number of aliphatic hydroxyl groups is 2. The van der Waals surface area contributed by atoms with Crippen molar-refractivity contribution in [2.75, 3.05) is 0 Å². The first-order valence-corrected chi connectivity index (χ1v) is 20.7. The van der Waals surface area contributed by atoms with E-state index in [1.165, 1.54) is 55.4 Å². The van der Waals surface area contributed by atoms with Crippen LogP contribution in [0.5, 0.6) is 0 Å². The van der Waals surface area contributed by atoms with Crippen molar-refractivity contribution in [2.24, 2.45) is 11.8 Å². The fourth-order valence-electron chi connectivity index (χ4n) is 5.40. The van der Waals surface area contributed by atoms with Crippen molar-refractivity contribution in [1.29, 1.82) is 0 Å². The standard InChI is InChI=1S/C16H29O2.3C4H9.Sn/c1-13(2)11-15(5,17)9-7-8-10-16(6,18)12-14(3)4;3*1-3-4-2;/h7-9,13-14,17-18H,11-12H2,1-6H3;3*1,3-4H2,2H3;/b9-7+,10-8?;;;;. The normalized spacial score (nSPS) is 17.5. The van der Waals surface area contributed by atoms with Gasteiger partial charge in [0.15, 0.2) is 0 Å². The molecule has 184 valence electrons. The van der Waals surface area contributed by atoms with E-state index in [0.29, 0.717) is 11.8 Å². The van der Waals surface area contributed by atoms with Gasteiger partial charge in [-0.2, -0.15) is 0 Å². The fraction of sp³-hybridized carbons (Fsp3) is 0.857. The maximum atomic E-state index is 11.8. The summed E-state index contributed by atoms with van der Waals surface area (Å²) < 4.78 is 5.45. The maximum absolute atomic E-state index is 11.8. The van der Waals surface area contributed by atoms with Crippen LogP contribution in [0.1, 0.15) is 114 Å². The summed E-state index contributed by atoms with van der Waals surface area (Å²) in [6.07, 6.45) is 15.4. The van der Waals surface area contributed by atoms with E-state index in [4.69, 9.17) is 0 Å². The van der Waals surface area contributed by atoms with Crippen LogP contribution in [0.25, 0.3) is 0 Å². The van der Waals surface area contributed by atoms with Gasteiger partial charge in [-0.1, -0.05) is 0 Å². The fourth-order valence-corrected chi connectivity index (χ4v) is 23.5. The van der Waals surface area contributed by atoms with Crippen molar-refractivity contribution in [3.05, 3.63) is 21.8 Å². The predicted octanol–water partition coefficient (Wildman–Crippen LogP) is 8.45. The van der Waals surface area contributed by atoms with E-state index in [0.717, 1.165) is 12.8 Å². The van der Waals surface area contributed by atoms with Gasteiger partial charge in [0.2, 0.25) is 0 Å². The first-order chi connectivity index (χ1) is 14.4. The van der Waals surface area contributed by atoms with E-state index >= 15 is 0 Å². The van der Waals surface area contributed by atoms with E-state index in [1.807, 2.05) is 13.0 Å². The van der Waals surface area contributed by atoms with E-state index in [2.05, 4.69) is 67.5 Å². The van der Waals surface area contributed by atoms with Crippen LogP contribution >= 0.6 is 0 Å². The van der Waals surface area contributed by atoms with Crippen molar-refractivity contribution in [2.45, 2.75) is 138 Å². The molecule has 0 aliphatic carbocycles. The first kappa shape index (κ1) is 31.2. The van der Waals surface area contributed by atoms with Gasteiger partial charge in [0, 0.05) is 0 Å². The molecule has 0 saturated carbocycles. The number of allylic oxidation sites excluding steroid dienone is 2. The first-order valence-electron chi connectivity index (χ1n) is 13.2. The van der Waals surface area contributed by atoms with Crippen LogP contribution in [0.4, 0.5) is 0 Å². The molecule has 2 nitrogen and oxygen atoms in total. The third kappa shape index (κ3) is 12.3. The van der Waals surface area contributed by atoms with Crippen molar-refractivity contribution in [1.82, 2.24) is 0 Å². The zero-order valence-corrected chi connectivity index (χ0v) is 25.4. The molecule has 0 aromatic rings. The third-order valence-corrected chi connectivity index (χ3v) is 23.0. The number of unbranched alkanes of at least 4 members (excludes halogenated alkanes) is 3. The Morgan fingerprint density at radius 2 is 1.19 bits per heavy atom. The minimum absolute atomic E-state index is 0.448. The Hall–Kier alpha value is 0.199. The molecule has 3 heteroatoms. The quantitative estimate of drug-likeness (QED) is 0.143. The number of hydrogen-bond donors (Lipinski definition) is 2. The second kappa shape index (κ2) is 15.2. The van der Waals surface area contributed by atoms with Gasteiger partial charge < -0.3 is 0 Å². The molecule has 0 bridgehead atoms. The molecule has 0 spiro atoms. The Morgan fingerprint density at radius 3 is 1.55 bits per heavy atom. The topological polar surface area (TPSA) is 40.5 Å². The summed E-state index contributed by atoms with van der Waals surface area (Å²) in [4.78, 5) is 0. The molecule has 0 heterocycles. The molecule has 2 N–H and O–H groups in total. The van der Waals surface area contributed by atoms with Crippen molar-refractivity contribution in [3.63, 3.8) is 0 Å². The van der Waals surface area contributed by atoms with Gasteiger partial charge in [-0.15, -0.1) is 0 Å². The average molecular weight is 543 g/mol. The SMILES string of the molecule is CCC[CH2][Sn]([CH2]CCC)([CH2]CCC)/[C](=C/C=C/C(C)(O)CC(C)C)C(C)(O)CC(C)C. The predicted molar refractivity (Wildman–Crippen MR) is 142 cm³/mol. The second-order valence-corrected chi connectivity index (χ2v) is 24.5. The van der Waals surface area contributed by atoms with Gasteiger partial charge in [-0.25, -0.2) is 0 Å². The molecule has 0 radical (unpaired) electrons. The number of hydrogen-bond acceptors (Lipinski definition) is 2. The summed E-state index contributed by atoms with van der Waals surface area (Å²) >= 11 is -2.80. The molecule has 2 atom stereocenters. The molecular weight excluding hydrogens is 487 g/mol. The van der Waals surface area contributed by atoms with Gasteiger partial charge in [0.05, 0.1) is 0 Å². The molecule has 0 aromatic carbocycles. The Morgan fingerprint density at radius 1 is 0.774 bits per heavy atom. The molecule has 0 saturated heterocycles. The van der Waals surface area contributed by atoms with Crippen LogP contribution in [0.3, 0.4) is 0 Å². The van der Waals surface area contributed by atoms with E-state index in [9.17, 15) is 10.2 Å². The summed E-state index contributed by atoms with van der Waals surface area (Å²) in [5.41, 5.74) is -1.54. The summed E-state index contributed by atoms with van der Waals surface area (Å²) in [6.45, 7) is 19.6. The molecule has 31 heavy (non-hydrogen) atoms. The van der Waals surface area contributed by atoms with Crippen LogP contribution in [-0.2, 0) is 0 Å². The molecule has 0 amide bonds. The molecule has 0 aromatic heterocycles. The van der Waals surface area contributed by atoms with Crippen molar-refractivity contribution in [3.8, 4) is 0 Å². The van der Waals surface area contributed by atoms with Crippen molar-refractivity contribution < 1.29 is 10.2 Å². The third-order valence-electron chi connectivity index (χ3n) is 6.52.